The number of carbonyl (C=O) groups excluding carboxylic acids is 2. The number of amides is 2. The van der Waals surface area contributed by atoms with Gasteiger partial charge in [0.05, 0.1) is 6.54 Å². The molecule has 1 aromatic heterocycles. The van der Waals surface area contributed by atoms with Gasteiger partial charge in [0.1, 0.15) is 5.69 Å². The van der Waals surface area contributed by atoms with Crippen LogP contribution in [-0.4, -0.2) is 35.3 Å². The zero-order valence-corrected chi connectivity index (χ0v) is 15.4. The maximum absolute atomic E-state index is 12.6. The highest BCUT2D eigenvalue weighted by Gasteiger charge is 2.17. The Morgan fingerprint density at radius 3 is 2.69 bits per heavy atom. The molecule has 2 N–H and O–H groups in total. The highest BCUT2D eigenvalue weighted by atomic mass is 35.5. The monoisotopic (exact) mass is 369 g/mol. The molecule has 0 atom stereocenters. The van der Waals surface area contributed by atoms with E-state index in [1.54, 1.807) is 25.2 Å². The van der Waals surface area contributed by atoms with Crippen LogP contribution >= 0.6 is 11.6 Å². The van der Waals surface area contributed by atoms with Crippen molar-refractivity contribution in [1.29, 1.82) is 0 Å². The van der Waals surface area contributed by atoms with Crippen LogP contribution in [0.25, 0.3) is 10.9 Å². The lowest BCUT2D eigenvalue weighted by Gasteiger charge is -2.17. The second-order valence-electron chi connectivity index (χ2n) is 6.13. The lowest BCUT2D eigenvalue weighted by Crippen LogP contribution is -2.35. The van der Waals surface area contributed by atoms with E-state index < -0.39 is 0 Å². The Hall–Kier alpha value is -2.79. The standard InChI is InChI=1S/C20H20ClN3O2/c1-3-13-6-4-5-7-16(13)23-19(25)12-24(2)20(26)18-11-14-10-15(21)8-9-17(14)22-18/h4-11,22H,3,12H2,1-2H3,(H,23,25). The van der Waals surface area contributed by atoms with Crippen LogP contribution in [-0.2, 0) is 11.2 Å². The number of hydrogen-bond acceptors (Lipinski definition) is 2. The number of aromatic nitrogens is 1. The van der Waals surface area contributed by atoms with E-state index in [1.165, 1.54) is 4.90 Å². The quantitative estimate of drug-likeness (QED) is 0.711. The number of likely N-dealkylation sites (N-methyl/N-ethyl adjacent to an activating group) is 1. The molecule has 5 nitrogen and oxygen atoms in total. The Labute approximate surface area is 157 Å². The molecule has 0 radical (unpaired) electrons. The summed E-state index contributed by atoms with van der Waals surface area (Å²) in [6, 6.07) is 14.8. The summed E-state index contributed by atoms with van der Waals surface area (Å²) in [7, 11) is 1.60. The molecule has 0 spiro atoms. The van der Waals surface area contributed by atoms with Gasteiger partial charge in [0.15, 0.2) is 0 Å². The van der Waals surface area contributed by atoms with Gasteiger partial charge in [-0.25, -0.2) is 0 Å². The van der Waals surface area contributed by atoms with Gasteiger partial charge in [-0.15, -0.1) is 0 Å². The molecule has 134 valence electrons. The normalized spacial score (nSPS) is 10.7. The topological polar surface area (TPSA) is 65.2 Å². The van der Waals surface area contributed by atoms with E-state index in [0.717, 1.165) is 28.6 Å². The number of anilines is 1. The van der Waals surface area contributed by atoms with E-state index in [2.05, 4.69) is 10.3 Å². The minimum absolute atomic E-state index is 0.0347. The number of carbonyl (C=O) groups is 2. The average Bonchev–Trinajstić information content (AvgIpc) is 3.04. The van der Waals surface area contributed by atoms with Crippen molar-refractivity contribution in [3.05, 3.63) is 64.8 Å². The zero-order chi connectivity index (χ0) is 18.7. The number of hydrogen-bond donors (Lipinski definition) is 2. The molecule has 0 unspecified atom stereocenters. The Morgan fingerprint density at radius 2 is 1.92 bits per heavy atom. The largest absolute Gasteiger partial charge is 0.351 e. The molecule has 2 amide bonds. The van der Waals surface area contributed by atoms with Gasteiger partial charge < -0.3 is 15.2 Å². The van der Waals surface area contributed by atoms with Crippen LogP contribution in [0.5, 0.6) is 0 Å². The number of aryl methyl sites for hydroxylation is 1. The number of para-hydroxylation sites is 1. The first kappa shape index (κ1) is 18.0. The molecular formula is C20H20ClN3O2. The van der Waals surface area contributed by atoms with Crippen LogP contribution in [0.2, 0.25) is 5.02 Å². The predicted molar refractivity (Wildman–Crippen MR) is 105 cm³/mol. The van der Waals surface area contributed by atoms with Crippen LogP contribution in [0, 0.1) is 0 Å². The van der Waals surface area contributed by atoms with E-state index in [9.17, 15) is 9.59 Å². The van der Waals surface area contributed by atoms with E-state index in [0.29, 0.717) is 10.7 Å². The molecule has 6 heteroatoms. The smallest absolute Gasteiger partial charge is 0.270 e. The zero-order valence-electron chi connectivity index (χ0n) is 14.7. The highest BCUT2D eigenvalue weighted by molar-refractivity contribution is 6.31. The molecule has 3 rings (SSSR count). The van der Waals surface area contributed by atoms with Crippen molar-refractivity contribution in [1.82, 2.24) is 9.88 Å². The van der Waals surface area contributed by atoms with E-state index in [-0.39, 0.29) is 18.4 Å². The number of nitrogens with one attached hydrogen (secondary N) is 2. The Bertz CT molecular complexity index is 965. The van der Waals surface area contributed by atoms with Crippen LogP contribution in [0.15, 0.2) is 48.5 Å². The summed E-state index contributed by atoms with van der Waals surface area (Å²) < 4.78 is 0. The Balaban J connectivity index is 1.69. The van der Waals surface area contributed by atoms with Crippen molar-refractivity contribution >= 4 is 40.0 Å². The van der Waals surface area contributed by atoms with Crippen molar-refractivity contribution in [2.24, 2.45) is 0 Å². The van der Waals surface area contributed by atoms with Crippen molar-refractivity contribution in [2.75, 3.05) is 18.9 Å². The van der Waals surface area contributed by atoms with Gasteiger partial charge in [0.2, 0.25) is 5.91 Å². The van der Waals surface area contributed by atoms with Gasteiger partial charge in [0.25, 0.3) is 5.91 Å². The minimum Gasteiger partial charge on any atom is -0.351 e. The number of nitrogens with zero attached hydrogens (tertiary/aromatic N) is 1. The predicted octanol–water partition coefficient (Wildman–Crippen LogP) is 4.09. The van der Waals surface area contributed by atoms with Gasteiger partial charge >= 0.3 is 0 Å². The van der Waals surface area contributed by atoms with Crippen LogP contribution in [0.3, 0.4) is 0 Å². The first-order valence-corrected chi connectivity index (χ1v) is 8.77. The van der Waals surface area contributed by atoms with Crippen molar-refractivity contribution in [2.45, 2.75) is 13.3 Å². The van der Waals surface area contributed by atoms with Gasteiger partial charge in [-0.2, -0.15) is 0 Å². The molecule has 0 aliphatic rings. The number of H-pyrrole nitrogens is 1. The summed E-state index contributed by atoms with van der Waals surface area (Å²) in [5.74, 6) is -0.489. The van der Waals surface area contributed by atoms with Gasteiger partial charge in [0, 0.05) is 28.7 Å². The van der Waals surface area contributed by atoms with Crippen molar-refractivity contribution < 1.29 is 9.59 Å². The van der Waals surface area contributed by atoms with Gasteiger partial charge in [-0.1, -0.05) is 36.7 Å². The molecule has 0 bridgehead atoms. The van der Waals surface area contributed by atoms with Crippen molar-refractivity contribution in [3.8, 4) is 0 Å². The second kappa shape index (κ2) is 7.62. The summed E-state index contributed by atoms with van der Waals surface area (Å²) in [4.78, 5) is 29.4. The fourth-order valence-corrected chi connectivity index (χ4v) is 3.03. The number of benzene rings is 2. The summed E-state index contributed by atoms with van der Waals surface area (Å²) >= 11 is 5.98. The summed E-state index contributed by atoms with van der Waals surface area (Å²) in [6.45, 7) is 2.00. The third-order valence-electron chi connectivity index (χ3n) is 4.21. The van der Waals surface area contributed by atoms with Crippen LogP contribution in [0.1, 0.15) is 23.0 Å². The number of aromatic amines is 1. The fraction of sp³-hybridized carbons (Fsp3) is 0.200. The maximum atomic E-state index is 12.6. The van der Waals surface area contributed by atoms with Gasteiger partial charge in [-0.05, 0) is 42.3 Å². The third-order valence-corrected chi connectivity index (χ3v) is 4.45. The molecule has 0 saturated heterocycles. The molecule has 0 saturated carbocycles. The van der Waals surface area contributed by atoms with E-state index in [4.69, 9.17) is 11.6 Å². The van der Waals surface area contributed by atoms with Crippen LogP contribution < -0.4 is 5.32 Å². The van der Waals surface area contributed by atoms with E-state index >= 15 is 0 Å². The van der Waals surface area contributed by atoms with Gasteiger partial charge in [-0.3, -0.25) is 9.59 Å². The Morgan fingerprint density at radius 1 is 1.15 bits per heavy atom. The minimum atomic E-state index is -0.253. The lowest BCUT2D eigenvalue weighted by molar-refractivity contribution is -0.116. The SMILES string of the molecule is CCc1ccccc1NC(=O)CN(C)C(=O)c1cc2cc(Cl)ccc2[nH]1. The summed E-state index contributed by atoms with van der Waals surface area (Å²) in [6.07, 6.45) is 0.822. The molecule has 0 fully saturated rings. The molecule has 3 aromatic rings. The molecule has 0 aliphatic carbocycles. The van der Waals surface area contributed by atoms with Crippen molar-refractivity contribution in [3.63, 3.8) is 0 Å². The molecule has 26 heavy (non-hydrogen) atoms. The molecule has 0 aliphatic heterocycles. The summed E-state index contributed by atoms with van der Waals surface area (Å²) in [5.41, 5.74) is 3.09. The number of rotatable bonds is 5. The van der Waals surface area contributed by atoms with Crippen LogP contribution in [0.4, 0.5) is 5.69 Å². The first-order valence-electron chi connectivity index (χ1n) is 8.39. The highest BCUT2D eigenvalue weighted by Crippen LogP contribution is 2.21. The number of fused-ring (bicyclic) bond motifs is 1. The maximum Gasteiger partial charge on any atom is 0.270 e. The van der Waals surface area contributed by atoms with E-state index in [1.807, 2.05) is 37.3 Å². The second-order valence-corrected chi connectivity index (χ2v) is 6.57. The molecule has 2 aromatic carbocycles. The summed E-state index contributed by atoms with van der Waals surface area (Å²) in [5, 5.41) is 4.34. The fourth-order valence-electron chi connectivity index (χ4n) is 2.85. The molecule has 1 heterocycles. The number of halogens is 1. The first-order chi connectivity index (χ1) is 12.5. The lowest BCUT2D eigenvalue weighted by atomic mass is 10.1. The third kappa shape index (κ3) is 3.89. The Kier molecular flexibility index (Phi) is 5.28. The molecular weight excluding hydrogens is 350 g/mol. The average molecular weight is 370 g/mol.